The smallest absolute Gasteiger partial charge is 0.208 e. The van der Waals surface area contributed by atoms with E-state index >= 15 is 0 Å². The second-order valence-corrected chi connectivity index (χ2v) is 8.84. The molecule has 0 N–H and O–H groups in total. The van der Waals surface area contributed by atoms with Gasteiger partial charge in [0, 0.05) is 42.6 Å². The van der Waals surface area contributed by atoms with E-state index in [1.54, 1.807) is 6.07 Å². The number of hydrogen-bond acceptors (Lipinski definition) is 6. The third kappa shape index (κ3) is 3.73. The highest BCUT2D eigenvalue weighted by Gasteiger charge is 2.45. The highest BCUT2D eigenvalue weighted by molar-refractivity contribution is 5.79. The topological polar surface area (TPSA) is 51.0 Å². The molecule has 170 valence electrons. The Bertz CT molecular complexity index is 1090. The molecule has 1 aromatic heterocycles. The molecule has 6 nitrogen and oxygen atoms in total. The molecular formula is C25H30FN3O3. The van der Waals surface area contributed by atoms with Crippen molar-refractivity contribution in [3.05, 3.63) is 65.1 Å². The summed E-state index contributed by atoms with van der Waals surface area (Å²) in [6.45, 7) is 5.82. The third-order valence-corrected chi connectivity index (χ3v) is 6.84. The molecule has 0 atom stereocenters. The van der Waals surface area contributed by atoms with E-state index in [9.17, 15) is 4.39 Å². The first kappa shape index (κ1) is 21.5. The van der Waals surface area contributed by atoms with Crippen LogP contribution in [-0.2, 0) is 21.8 Å². The second-order valence-electron chi connectivity index (χ2n) is 8.84. The Morgan fingerprint density at radius 3 is 2.62 bits per heavy atom. The summed E-state index contributed by atoms with van der Waals surface area (Å²) in [5.41, 5.74) is 3.96. The molecule has 2 saturated heterocycles. The van der Waals surface area contributed by atoms with Gasteiger partial charge in [0.05, 0.1) is 32.1 Å². The minimum atomic E-state index is -0.623. The molecule has 3 aliphatic heterocycles. The van der Waals surface area contributed by atoms with Crippen molar-refractivity contribution in [3.63, 3.8) is 0 Å². The summed E-state index contributed by atoms with van der Waals surface area (Å²) >= 11 is 0. The van der Waals surface area contributed by atoms with E-state index in [1.807, 2.05) is 0 Å². The van der Waals surface area contributed by atoms with E-state index in [4.69, 9.17) is 14.0 Å². The largest absolute Gasteiger partial charge is 0.356 e. The number of nitrogens with zero attached hydrogens (tertiary/aromatic N) is 3. The van der Waals surface area contributed by atoms with Gasteiger partial charge < -0.3 is 14.0 Å². The Hall–Kier alpha value is -2.32. The molecule has 2 aromatic carbocycles. The first-order chi connectivity index (χ1) is 15.2. The lowest BCUT2D eigenvalue weighted by Crippen LogP contribution is -2.51. The molecule has 0 amide bonds. The van der Waals surface area contributed by atoms with Crippen LogP contribution in [0.3, 0.4) is 0 Å². The fourth-order valence-corrected chi connectivity index (χ4v) is 5.36. The van der Waals surface area contributed by atoms with Crippen molar-refractivity contribution in [1.29, 1.82) is 0 Å². The van der Waals surface area contributed by atoms with E-state index in [-0.39, 0.29) is 13.2 Å². The van der Waals surface area contributed by atoms with Crippen molar-refractivity contribution in [1.82, 2.24) is 15.0 Å². The van der Waals surface area contributed by atoms with Crippen molar-refractivity contribution in [2.24, 2.45) is 0 Å². The van der Waals surface area contributed by atoms with Gasteiger partial charge in [-0.15, -0.1) is 0 Å². The minimum absolute atomic E-state index is 0. The van der Waals surface area contributed by atoms with Gasteiger partial charge in [-0.25, -0.2) is 4.39 Å². The van der Waals surface area contributed by atoms with Gasteiger partial charge >= 0.3 is 0 Å². The number of benzene rings is 2. The van der Waals surface area contributed by atoms with E-state index in [0.29, 0.717) is 24.7 Å². The van der Waals surface area contributed by atoms with Crippen molar-refractivity contribution >= 4 is 11.0 Å². The third-order valence-electron chi connectivity index (χ3n) is 6.84. The molecule has 4 heterocycles. The average molecular weight is 440 g/mol. The van der Waals surface area contributed by atoms with E-state index < -0.39 is 5.79 Å². The van der Waals surface area contributed by atoms with Gasteiger partial charge in [0.1, 0.15) is 5.82 Å². The normalized spacial score (nSPS) is 21.7. The van der Waals surface area contributed by atoms with Crippen LogP contribution >= 0.6 is 0 Å². The van der Waals surface area contributed by atoms with Crippen LogP contribution in [0, 0.1) is 5.82 Å². The Balaban J connectivity index is 0.00000216. The number of piperidine rings is 1. The van der Waals surface area contributed by atoms with Crippen LogP contribution in [-0.4, -0.2) is 54.5 Å². The molecule has 7 heteroatoms. The number of likely N-dealkylation sites (tertiary alicyclic amines) is 1. The van der Waals surface area contributed by atoms with Crippen molar-refractivity contribution in [2.45, 2.75) is 38.5 Å². The van der Waals surface area contributed by atoms with Gasteiger partial charge in [-0.2, -0.15) is 0 Å². The fraction of sp³-hybridized carbons (Fsp3) is 0.480. The zero-order chi connectivity index (χ0) is 20.8. The van der Waals surface area contributed by atoms with Gasteiger partial charge in [0.2, 0.25) is 5.79 Å². The number of fused-ring (bicyclic) bond motifs is 3. The molecule has 0 radical (unpaired) electrons. The lowest BCUT2D eigenvalue weighted by atomic mass is 9.91. The molecule has 0 saturated carbocycles. The number of aromatic nitrogens is 1. The quantitative estimate of drug-likeness (QED) is 0.601. The van der Waals surface area contributed by atoms with Gasteiger partial charge in [-0.05, 0) is 30.5 Å². The van der Waals surface area contributed by atoms with E-state index in [1.165, 1.54) is 23.3 Å². The summed E-state index contributed by atoms with van der Waals surface area (Å²) < 4.78 is 31.1. The molecule has 0 unspecified atom stereocenters. The summed E-state index contributed by atoms with van der Waals surface area (Å²) in [5, 5.41) is 5.21. The Labute approximate surface area is 187 Å². The number of hydrogen-bond donors (Lipinski definition) is 0. The van der Waals surface area contributed by atoms with Crippen molar-refractivity contribution in [2.75, 3.05) is 39.5 Å². The van der Waals surface area contributed by atoms with Gasteiger partial charge in [0.25, 0.3) is 0 Å². The van der Waals surface area contributed by atoms with E-state index in [2.05, 4.69) is 39.2 Å². The Morgan fingerprint density at radius 2 is 1.81 bits per heavy atom. The summed E-state index contributed by atoms with van der Waals surface area (Å²) in [6.07, 6.45) is 2.03. The lowest BCUT2D eigenvalue weighted by molar-refractivity contribution is -0.191. The van der Waals surface area contributed by atoms with Crippen molar-refractivity contribution in [3.8, 4) is 0 Å². The van der Waals surface area contributed by atoms with E-state index in [0.717, 1.165) is 56.8 Å². The van der Waals surface area contributed by atoms with Gasteiger partial charge in [-0.3, -0.25) is 9.80 Å². The highest BCUT2D eigenvalue weighted by Crippen LogP contribution is 2.39. The van der Waals surface area contributed by atoms with Crippen molar-refractivity contribution < 1.29 is 18.4 Å². The molecular weight excluding hydrogens is 409 g/mol. The predicted octanol–water partition coefficient (Wildman–Crippen LogP) is 4.46. The molecule has 1 spiro atoms. The van der Waals surface area contributed by atoms with Crippen LogP contribution in [0.15, 0.2) is 47.0 Å². The maximum Gasteiger partial charge on any atom is 0.208 e. The summed E-state index contributed by atoms with van der Waals surface area (Å²) in [7, 11) is 0. The zero-order valence-corrected chi connectivity index (χ0v) is 17.4. The predicted molar refractivity (Wildman–Crippen MR) is 120 cm³/mol. The lowest BCUT2D eigenvalue weighted by Gasteiger charge is -2.43. The first-order valence-corrected chi connectivity index (χ1v) is 11.1. The molecule has 0 bridgehead atoms. The summed E-state index contributed by atoms with van der Waals surface area (Å²) in [5.74, 6) is -0.568. The Kier molecular flexibility index (Phi) is 5.75. The maximum absolute atomic E-state index is 13.4. The van der Waals surface area contributed by atoms with Crippen LogP contribution in [0.4, 0.5) is 4.39 Å². The van der Waals surface area contributed by atoms with Crippen LogP contribution in [0.25, 0.3) is 11.0 Å². The second kappa shape index (κ2) is 8.56. The molecule has 2 fully saturated rings. The standard InChI is InChI=1S/C24H26FN3O3.CH4/c25-19-5-6-20-22(13-19)31-26-23(20)17-7-9-27(10-8-17)16-28-14-18-3-1-2-4-21(18)24(15-28)29-11-12-30-24;/h1-6,13,17H,7-12,14-16H2;1H4. The summed E-state index contributed by atoms with van der Waals surface area (Å²) in [4.78, 5) is 4.93. The summed E-state index contributed by atoms with van der Waals surface area (Å²) in [6, 6.07) is 13.2. The highest BCUT2D eigenvalue weighted by atomic mass is 19.1. The SMILES string of the molecule is C.Fc1ccc2c(C3CCN(CN4Cc5ccccc5C5(C4)OCCO5)CC3)noc2c1. The van der Waals surface area contributed by atoms with Crippen LogP contribution in [0.1, 0.15) is 43.0 Å². The zero-order valence-electron chi connectivity index (χ0n) is 17.4. The fourth-order valence-electron chi connectivity index (χ4n) is 5.36. The molecule has 3 aliphatic rings. The average Bonchev–Trinajstić information content (AvgIpc) is 3.42. The number of halogens is 1. The Morgan fingerprint density at radius 1 is 1.03 bits per heavy atom. The minimum Gasteiger partial charge on any atom is -0.356 e. The van der Waals surface area contributed by atoms with Crippen LogP contribution in [0.2, 0.25) is 0 Å². The molecule has 6 rings (SSSR count). The van der Waals surface area contributed by atoms with Gasteiger partial charge in [0.15, 0.2) is 5.58 Å². The van der Waals surface area contributed by atoms with Gasteiger partial charge in [-0.1, -0.05) is 36.8 Å². The monoisotopic (exact) mass is 439 g/mol. The number of rotatable bonds is 3. The first-order valence-electron chi connectivity index (χ1n) is 11.1. The molecule has 0 aliphatic carbocycles. The van der Waals surface area contributed by atoms with Crippen LogP contribution in [0.5, 0.6) is 0 Å². The molecule has 3 aromatic rings. The maximum atomic E-state index is 13.4. The number of ether oxygens (including phenoxy) is 2. The van der Waals surface area contributed by atoms with Crippen LogP contribution < -0.4 is 0 Å². The molecule has 32 heavy (non-hydrogen) atoms.